The van der Waals surface area contributed by atoms with E-state index in [1.54, 1.807) is 0 Å². The first-order chi connectivity index (χ1) is 9.78. The highest BCUT2D eigenvalue weighted by atomic mass is 35.5. The number of rotatable bonds is 4. The lowest BCUT2D eigenvalue weighted by atomic mass is 9.91. The fourth-order valence-electron chi connectivity index (χ4n) is 2.72. The number of alkyl halides is 3. The van der Waals surface area contributed by atoms with Gasteiger partial charge in [0.25, 0.3) is 0 Å². The van der Waals surface area contributed by atoms with Crippen molar-refractivity contribution in [3.05, 3.63) is 28.8 Å². The van der Waals surface area contributed by atoms with E-state index in [-0.39, 0.29) is 23.3 Å². The molecule has 2 rings (SSSR count). The lowest BCUT2D eigenvalue weighted by Crippen LogP contribution is -2.31. The molecule has 1 fully saturated rings. The first kappa shape index (κ1) is 19.4. The van der Waals surface area contributed by atoms with Crippen LogP contribution in [0.3, 0.4) is 0 Å². The molecule has 0 radical (unpaired) electrons. The number of nitrogens with two attached hydrogens (primary N) is 1. The zero-order chi connectivity index (χ0) is 15.6. The molecule has 2 atom stereocenters. The summed E-state index contributed by atoms with van der Waals surface area (Å²) in [5.41, 5.74) is 6.49. The molecule has 0 aliphatic heterocycles. The summed E-state index contributed by atoms with van der Waals surface area (Å²) in [5.74, 6) is -0.347. The minimum absolute atomic E-state index is 0. The molecule has 0 saturated heterocycles. The minimum Gasteiger partial charge on any atom is -0.404 e. The van der Waals surface area contributed by atoms with E-state index in [1.165, 1.54) is 12.1 Å². The Morgan fingerprint density at radius 1 is 1.27 bits per heavy atom. The second-order valence-electron chi connectivity index (χ2n) is 5.30. The molecular formula is C14H18Cl2F3NO2. The third kappa shape index (κ3) is 4.91. The summed E-state index contributed by atoms with van der Waals surface area (Å²) in [7, 11) is 0. The van der Waals surface area contributed by atoms with Crippen molar-refractivity contribution in [2.24, 2.45) is 11.7 Å². The smallest absolute Gasteiger partial charge is 0.404 e. The van der Waals surface area contributed by atoms with Crippen LogP contribution in [0.25, 0.3) is 0 Å². The number of hydrogen-bond donors (Lipinski definition) is 2. The quantitative estimate of drug-likeness (QED) is 0.846. The van der Waals surface area contributed by atoms with Crippen LogP contribution in [0.5, 0.6) is 5.75 Å². The van der Waals surface area contributed by atoms with Crippen LogP contribution >= 0.6 is 24.0 Å². The van der Waals surface area contributed by atoms with Crippen LogP contribution in [0.4, 0.5) is 13.2 Å². The molecule has 1 aromatic rings. The first-order valence-electron chi connectivity index (χ1n) is 6.77. The van der Waals surface area contributed by atoms with E-state index >= 15 is 0 Å². The van der Waals surface area contributed by atoms with Gasteiger partial charge >= 0.3 is 6.36 Å². The number of aliphatic hydroxyl groups is 1. The predicted octanol–water partition coefficient (Wildman–Crippen LogP) is 4.21. The van der Waals surface area contributed by atoms with Crippen LogP contribution < -0.4 is 10.5 Å². The van der Waals surface area contributed by atoms with Gasteiger partial charge in [-0.3, -0.25) is 0 Å². The van der Waals surface area contributed by atoms with Gasteiger partial charge in [-0.2, -0.15) is 0 Å². The summed E-state index contributed by atoms with van der Waals surface area (Å²) < 4.78 is 40.3. The molecule has 8 heteroatoms. The summed E-state index contributed by atoms with van der Waals surface area (Å²) >= 11 is 5.78. The maximum Gasteiger partial charge on any atom is 0.573 e. The van der Waals surface area contributed by atoms with Crippen LogP contribution in [0.1, 0.15) is 37.3 Å². The fraction of sp³-hybridized carbons (Fsp3) is 0.571. The zero-order valence-corrected chi connectivity index (χ0v) is 13.2. The van der Waals surface area contributed by atoms with Crippen LogP contribution in [0.2, 0.25) is 5.02 Å². The Bertz CT molecular complexity index is 493. The number of aliphatic hydroxyl groups excluding tert-OH is 1. The molecule has 0 bridgehead atoms. The molecule has 0 aromatic heterocycles. The Hall–Kier alpha value is -0.690. The van der Waals surface area contributed by atoms with Gasteiger partial charge in [0.15, 0.2) is 0 Å². The Balaban J connectivity index is 0.00000242. The Kier molecular flexibility index (Phi) is 6.80. The van der Waals surface area contributed by atoms with Crippen molar-refractivity contribution in [1.29, 1.82) is 0 Å². The van der Waals surface area contributed by atoms with Gasteiger partial charge in [0, 0.05) is 0 Å². The number of hydrogen-bond acceptors (Lipinski definition) is 3. The Morgan fingerprint density at radius 2 is 1.86 bits per heavy atom. The number of ether oxygens (including phenoxy) is 1. The monoisotopic (exact) mass is 359 g/mol. The highest BCUT2D eigenvalue weighted by Gasteiger charge is 2.33. The zero-order valence-electron chi connectivity index (χ0n) is 11.6. The van der Waals surface area contributed by atoms with Crippen LogP contribution in [-0.2, 0) is 0 Å². The van der Waals surface area contributed by atoms with Gasteiger partial charge < -0.3 is 15.6 Å². The molecule has 1 aromatic carbocycles. The van der Waals surface area contributed by atoms with E-state index in [0.717, 1.165) is 31.7 Å². The molecule has 1 saturated carbocycles. The summed E-state index contributed by atoms with van der Waals surface area (Å²) in [6, 6.07) is 3.15. The molecule has 126 valence electrons. The summed E-state index contributed by atoms with van der Waals surface area (Å²) in [5, 5.41) is 10.1. The van der Waals surface area contributed by atoms with E-state index in [2.05, 4.69) is 4.74 Å². The molecular weight excluding hydrogens is 342 g/mol. The number of benzene rings is 1. The molecule has 22 heavy (non-hydrogen) atoms. The lowest BCUT2D eigenvalue weighted by molar-refractivity contribution is -0.274. The maximum absolute atomic E-state index is 12.2. The van der Waals surface area contributed by atoms with Gasteiger partial charge in [0.2, 0.25) is 0 Å². The van der Waals surface area contributed by atoms with Crippen molar-refractivity contribution in [1.82, 2.24) is 0 Å². The van der Waals surface area contributed by atoms with Crippen molar-refractivity contribution in [3.63, 3.8) is 0 Å². The fourth-order valence-corrected chi connectivity index (χ4v) is 2.95. The normalized spacial score (nSPS) is 18.6. The predicted molar refractivity (Wildman–Crippen MR) is 80.3 cm³/mol. The lowest BCUT2D eigenvalue weighted by Gasteiger charge is -2.25. The van der Waals surface area contributed by atoms with Gasteiger partial charge in [0.05, 0.1) is 17.2 Å². The minimum atomic E-state index is -4.80. The number of halogens is 5. The van der Waals surface area contributed by atoms with Crippen molar-refractivity contribution < 1.29 is 23.0 Å². The average Bonchev–Trinajstić information content (AvgIpc) is 2.92. The van der Waals surface area contributed by atoms with E-state index < -0.39 is 24.3 Å². The molecule has 0 heterocycles. The first-order valence-corrected chi connectivity index (χ1v) is 7.14. The third-order valence-electron chi connectivity index (χ3n) is 3.82. The van der Waals surface area contributed by atoms with E-state index in [4.69, 9.17) is 17.3 Å². The second-order valence-corrected chi connectivity index (χ2v) is 5.71. The van der Waals surface area contributed by atoms with E-state index in [0.29, 0.717) is 5.56 Å². The van der Waals surface area contributed by atoms with Crippen molar-refractivity contribution in [2.45, 2.75) is 44.2 Å². The standard InChI is InChI=1S/C14H17ClF3NO2.ClH/c15-10-7-9(5-6-11(10)21-14(16,17)18)12(19)13(20)8-3-1-2-4-8;/h5-8,12-13,20H,1-4,19H2;1H/t12-,13+;/m1./s1. The van der Waals surface area contributed by atoms with E-state index in [9.17, 15) is 18.3 Å². The van der Waals surface area contributed by atoms with E-state index in [1.807, 2.05) is 0 Å². The van der Waals surface area contributed by atoms with Gasteiger partial charge in [-0.25, -0.2) is 0 Å². The SMILES string of the molecule is Cl.N[C@H](c1ccc(OC(F)(F)F)c(Cl)c1)[C@@H](O)C1CCCC1. The second kappa shape index (κ2) is 7.73. The topological polar surface area (TPSA) is 55.5 Å². The van der Waals surface area contributed by atoms with Crippen LogP contribution in [0, 0.1) is 5.92 Å². The molecule has 1 aliphatic rings. The Morgan fingerprint density at radius 3 is 2.36 bits per heavy atom. The molecule has 0 amide bonds. The molecule has 0 unspecified atom stereocenters. The summed E-state index contributed by atoms with van der Waals surface area (Å²) in [6.07, 6.45) is -1.56. The molecule has 1 aliphatic carbocycles. The summed E-state index contributed by atoms with van der Waals surface area (Å²) in [4.78, 5) is 0. The van der Waals surface area contributed by atoms with Gasteiger partial charge in [-0.15, -0.1) is 25.6 Å². The maximum atomic E-state index is 12.2. The largest absolute Gasteiger partial charge is 0.573 e. The average molecular weight is 360 g/mol. The highest BCUT2D eigenvalue weighted by Crippen LogP contribution is 2.35. The molecule has 3 nitrogen and oxygen atoms in total. The molecule has 0 spiro atoms. The van der Waals surface area contributed by atoms with Crippen LogP contribution in [0.15, 0.2) is 18.2 Å². The van der Waals surface area contributed by atoms with Gasteiger partial charge in [-0.1, -0.05) is 30.5 Å². The van der Waals surface area contributed by atoms with Crippen molar-refractivity contribution >= 4 is 24.0 Å². The third-order valence-corrected chi connectivity index (χ3v) is 4.11. The Labute approximate surface area is 138 Å². The van der Waals surface area contributed by atoms with Crippen LogP contribution in [-0.4, -0.2) is 17.6 Å². The highest BCUT2D eigenvalue weighted by molar-refractivity contribution is 6.32. The molecule has 3 N–H and O–H groups in total. The summed E-state index contributed by atoms with van der Waals surface area (Å²) in [6.45, 7) is 0. The van der Waals surface area contributed by atoms with Crippen molar-refractivity contribution in [3.8, 4) is 5.75 Å². The van der Waals surface area contributed by atoms with Crippen molar-refractivity contribution in [2.75, 3.05) is 0 Å². The van der Waals surface area contributed by atoms with Gasteiger partial charge in [0.1, 0.15) is 5.75 Å². The van der Waals surface area contributed by atoms with Gasteiger partial charge in [-0.05, 0) is 36.5 Å².